The summed E-state index contributed by atoms with van der Waals surface area (Å²) in [6.07, 6.45) is 3.98. The van der Waals surface area contributed by atoms with Crippen LogP contribution in [0, 0.1) is 13.8 Å². The van der Waals surface area contributed by atoms with Gasteiger partial charge >= 0.3 is 0 Å². The normalized spacial score (nSPS) is 17.4. The van der Waals surface area contributed by atoms with E-state index in [1.165, 1.54) is 11.8 Å². The van der Waals surface area contributed by atoms with E-state index < -0.39 is 0 Å². The first-order valence-electron chi connectivity index (χ1n) is 9.12. The number of amides is 1. The van der Waals surface area contributed by atoms with Crippen molar-refractivity contribution in [3.8, 4) is 0 Å². The van der Waals surface area contributed by atoms with Crippen LogP contribution in [0.4, 0.5) is 0 Å². The van der Waals surface area contributed by atoms with Gasteiger partial charge in [-0.05, 0) is 44.9 Å². The summed E-state index contributed by atoms with van der Waals surface area (Å²) in [5.41, 5.74) is 2.70. The van der Waals surface area contributed by atoms with Gasteiger partial charge in [0.2, 0.25) is 5.91 Å². The third-order valence-electron chi connectivity index (χ3n) is 4.77. The van der Waals surface area contributed by atoms with Crippen LogP contribution < -0.4 is 0 Å². The molecule has 7 nitrogen and oxygen atoms in total. The first-order chi connectivity index (χ1) is 13.1. The minimum atomic E-state index is 0.126. The van der Waals surface area contributed by atoms with Gasteiger partial charge in [0.05, 0.1) is 5.75 Å². The molecule has 1 aliphatic heterocycles. The van der Waals surface area contributed by atoms with Crippen molar-refractivity contribution in [2.45, 2.75) is 37.8 Å². The van der Waals surface area contributed by atoms with Crippen LogP contribution in [0.5, 0.6) is 0 Å². The number of likely N-dealkylation sites (tertiary alicyclic amines) is 1. The fraction of sp³-hybridized carbons (Fsp3) is 0.421. The summed E-state index contributed by atoms with van der Waals surface area (Å²) in [6.45, 7) is 5.36. The van der Waals surface area contributed by atoms with Crippen LogP contribution in [0.25, 0.3) is 5.65 Å². The monoisotopic (exact) mass is 382 g/mol. The molecule has 27 heavy (non-hydrogen) atoms. The second-order valence-electron chi connectivity index (χ2n) is 6.89. The molecule has 1 aliphatic rings. The van der Waals surface area contributed by atoms with Crippen LogP contribution in [0.3, 0.4) is 0 Å². The lowest BCUT2D eigenvalue weighted by Crippen LogP contribution is -2.40. The molecule has 8 heteroatoms. The minimum absolute atomic E-state index is 0.126. The van der Waals surface area contributed by atoms with Crippen molar-refractivity contribution in [3.05, 3.63) is 47.7 Å². The second-order valence-corrected chi connectivity index (χ2v) is 7.83. The van der Waals surface area contributed by atoms with Gasteiger partial charge in [-0.1, -0.05) is 17.8 Å². The van der Waals surface area contributed by atoms with Crippen molar-refractivity contribution in [3.63, 3.8) is 0 Å². The van der Waals surface area contributed by atoms with Crippen molar-refractivity contribution >= 4 is 23.3 Å². The van der Waals surface area contributed by atoms with E-state index >= 15 is 0 Å². The molecule has 0 aliphatic carbocycles. The molecule has 0 bridgehead atoms. The number of thioether (sulfide) groups is 1. The topological polar surface area (TPSA) is 76.3 Å². The summed E-state index contributed by atoms with van der Waals surface area (Å²) in [4.78, 5) is 23.5. The largest absolute Gasteiger partial charge is 0.341 e. The number of rotatable bonds is 4. The number of carbonyl (C=O) groups is 1. The van der Waals surface area contributed by atoms with Crippen LogP contribution in [-0.4, -0.2) is 54.2 Å². The maximum absolute atomic E-state index is 12.7. The lowest BCUT2D eigenvalue weighted by Gasteiger charge is -2.31. The molecule has 3 aromatic heterocycles. The zero-order valence-corrected chi connectivity index (χ0v) is 16.3. The summed E-state index contributed by atoms with van der Waals surface area (Å²) >= 11 is 1.41. The van der Waals surface area contributed by atoms with Gasteiger partial charge in [0.25, 0.3) is 0 Å². The van der Waals surface area contributed by atoms with E-state index in [0.29, 0.717) is 17.5 Å². The number of aromatic nitrogens is 5. The van der Waals surface area contributed by atoms with Crippen molar-refractivity contribution < 1.29 is 4.79 Å². The summed E-state index contributed by atoms with van der Waals surface area (Å²) in [5, 5.41) is 9.29. The molecule has 3 aromatic rings. The van der Waals surface area contributed by atoms with Gasteiger partial charge in [0.1, 0.15) is 5.82 Å². The fourth-order valence-electron chi connectivity index (χ4n) is 3.53. The Bertz CT molecular complexity index is 951. The number of pyridine rings is 1. The van der Waals surface area contributed by atoms with Crippen LogP contribution in [0.1, 0.15) is 36.0 Å². The van der Waals surface area contributed by atoms with E-state index in [9.17, 15) is 4.79 Å². The summed E-state index contributed by atoms with van der Waals surface area (Å²) < 4.78 is 2.02. The molecule has 4 rings (SSSR count). The van der Waals surface area contributed by atoms with E-state index in [1.807, 2.05) is 53.6 Å². The minimum Gasteiger partial charge on any atom is -0.341 e. The Hall–Kier alpha value is -2.48. The first kappa shape index (κ1) is 17.9. The van der Waals surface area contributed by atoms with Gasteiger partial charge in [-0.3, -0.25) is 9.20 Å². The highest BCUT2D eigenvalue weighted by atomic mass is 32.2. The molecule has 0 spiro atoms. The molecule has 0 saturated carbocycles. The number of carbonyl (C=O) groups excluding carboxylic acids is 1. The van der Waals surface area contributed by atoms with Crippen LogP contribution in [-0.2, 0) is 4.79 Å². The molecule has 0 radical (unpaired) electrons. The number of aryl methyl sites for hydroxylation is 2. The smallest absolute Gasteiger partial charge is 0.233 e. The lowest BCUT2D eigenvalue weighted by molar-refractivity contribution is -0.129. The molecular formula is C19H22N6OS. The second kappa shape index (κ2) is 7.64. The van der Waals surface area contributed by atoms with Gasteiger partial charge in [0, 0.05) is 36.6 Å². The summed E-state index contributed by atoms with van der Waals surface area (Å²) in [5.74, 6) is 1.63. The Labute approximate surface area is 162 Å². The zero-order chi connectivity index (χ0) is 18.8. The molecule has 0 N–H and O–H groups in total. The average molecular weight is 382 g/mol. The number of piperidine rings is 1. The predicted molar refractivity (Wildman–Crippen MR) is 104 cm³/mol. The number of fused-ring (bicyclic) bond motifs is 1. The molecule has 0 aromatic carbocycles. The average Bonchev–Trinajstić information content (AvgIpc) is 3.10. The van der Waals surface area contributed by atoms with Gasteiger partial charge in [-0.25, -0.2) is 9.97 Å². The van der Waals surface area contributed by atoms with E-state index in [0.717, 1.165) is 42.2 Å². The van der Waals surface area contributed by atoms with E-state index in [-0.39, 0.29) is 11.8 Å². The number of nitrogens with zero attached hydrogens (tertiary/aromatic N) is 6. The molecule has 1 fully saturated rings. The zero-order valence-electron chi connectivity index (χ0n) is 15.5. The van der Waals surface area contributed by atoms with Crippen LogP contribution >= 0.6 is 11.8 Å². The molecular weight excluding hydrogens is 360 g/mol. The highest BCUT2D eigenvalue weighted by Crippen LogP contribution is 2.27. The molecule has 1 atom stereocenters. The van der Waals surface area contributed by atoms with E-state index in [1.54, 1.807) is 0 Å². The van der Waals surface area contributed by atoms with Gasteiger partial charge in [-0.15, -0.1) is 10.2 Å². The Kier molecular flexibility index (Phi) is 5.07. The maximum atomic E-state index is 12.7. The van der Waals surface area contributed by atoms with E-state index in [4.69, 9.17) is 0 Å². The van der Waals surface area contributed by atoms with Crippen molar-refractivity contribution in [1.82, 2.24) is 29.5 Å². The highest BCUT2D eigenvalue weighted by Gasteiger charge is 2.27. The standard InChI is InChI=1S/C19H22N6OS/c1-13-10-14(2)21-19(20-13)27-12-17(26)24-8-5-6-15(11-24)18-23-22-16-7-3-4-9-25(16)18/h3-4,7,9-10,15H,5-6,8,11-12H2,1-2H3. The molecule has 1 unspecified atom stereocenters. The van der Waals surface area contributed by atoms with Crippen molar-refractivity contribution in [1.29, 1.82) is 0 Å². The van der Waals surface area contributed by atoms with Gasteiger partial charge < -0.3 is 4.90 Å². The maximum Gasteiger partial charge on any atom is 0.233 e. The third kappa shape index (κ3) is 3.95. The first-order valence-corrected chi connectivity index (χ1v) is 10.1. The number of hydrogen-bond donors (Lipinski definition) is 0. The Balaban J connectivity index is 1.42. The van der Waals surface area contributed by atoms with Gasteiger partial charge in [0.15, 0.2) is 10.8 Å². The quantitative estimate of drug-likeness (QED) is 0.510. The Morgan fingerprint density at radius 2 is 2.04 bits per heavy atom. The predicted octanol–water partition coefficient (Wildman–Crippen LogP) is 2.63. The third-order valence-corrected chi connectivity index (χ3v) is 5.60. The number of hydrogen-bond acceptors (Lipinski definition) is 6. The highest BCUT2D eigenvalue weighted by molar-refractivity contribution is 7.99. The molecule has 1 saturated heterocycles. The van der Waals surface area contributed by atoms with Crippen molar-refractivity contribution in [2.75, 3.05) is 18.8 Å². The lowest BCUT2D eigenvalue weighted by atomic mass is 9.97. The van der Waals surface area contributed by atoms with Crippen LogP contribution in [0.15, 0.2) is 35.6 Å². The summed E-state index contributed by atoms with van der Waals surface area (Å²) in [6, 6.07) is 7.82. The Morgan fingerprint density at radius 3 is 2.85 bits per heavy atom. The molecule has 1 amide bonds. The Morgan fingerprint density at radius 1 is 1.22 bits per heavy atom. The van der Waals surface area contributed by atoms with Crippen molar-refractivity contribution in [2.24, 2.45) is 0 Å². The van der Waals surface area contributed by atoms with E-state index in [2.05, 4.69) is 20.2 Å². The summed E-state index contributed by atoms with van der Waals surface area (Å²) in [7, 11) is 0. The molecule has 4 heterocycles. The molecule has 140 valence electrons. The van der Waals surface area contributed by atoms with Gasteiger partial charge in [-0.2, -0.15) is 0 Å². The van der Waals surface area contributed by atoms with Crippen LogP contribution in [0.2, 0.25) is 0 Å². The SMILES string of the molecule is Cc1cc(C)nc(SCC(=O)N2CCCC(c3nnc4ccccn34)C2)n1. The fourth-order valence-corrected chi connectivity index (χ4v) is 4.38.